The van der Waals surface area contributed by atoms with Crippen molar-refractivity contribution in [2.45, 2.75) is 25.1 Å². The van der Waals surface area contributed by atoms with Gasteiger partial charge in [-0.15, -0.1) is 0 Å². The highest BCUT2D eigenvalue weighted by molar-refractivity contribution is 6.42. The van der Waals surface area contributed by atoms with E-state index in [1.807, 2.05) is 0 Å². The maximum absolute atomic E-state index is 12.6. The fourth-order valence-electron chi connectivity index (χ4n) is 2.57. The van der Waals surface area contributed by atoms with Crippen LogP contribution in [0.1, 0.15) is 34.8 Å². The molecule has 11 heteroatoms. The molecule has 1 heterocycles. The maximum Gasteiger partial charge on any atom is 0.390 e. The normalized spacial score (nSPS) is 16.8. The van der Waals surface area contributed by atoms with Crippen LogP contribution in [0.4, 0.5) is 13.2 Å². The summed E-state index contributed by atoms with van der Waals surface area (Å²) in [5, 5.41) is 0.200. The zero-order valence-corrected chi connectivity index (χ0v) is 14.1. The minimum Gasteiger partial charge on any atom is -0.370 e. The Bertz CT molecular complexity index is 748. The van der Waals surface area contributed by atoms with Gasteiger partial charge in [0.1, 0.15) is 0 Å². The van der Waals surface area contributed by atoms with Crippen LogP contribution in [-0.2, 0) is 4.79 Å². The summed E-state index contributed by atoms with van der Waals surface area (Å²) in [6.45, 7) is -0.619. The van der Waals surface area contributed by atoms with Crippen LogP contribution in [0.2, 0.25) is 10.0 Å². The number of benzene rings is 1. The second-order valence-electron chi connectivity index (χ2n) is 5.37. The number of hydrogen-bond acceptors (Lipinski definition) is 2. The molecule has 0 bridgehead atoms. The molecule has 0 saturated carbocycles. The second kappa shape index (κ2) is 7.09. The quantitative estimate of drug-likeness (QED) is 0.603. The van der Waals surface area contributed by atoms with E-state index in [4.69, 9.17) is 34.7 Å². The van der Waals surface area contributed by atoms with Gasteiger partial charge in [0.25, 0.3) is 11.8 Å². The first-order valence-corrected chi connectivity index (χ1v) is 7.74. The molecule has 1 atom stereocenters. The summed E-state index contributed by atoms with van der Waals surface area (Å²) in [6.07, 6.45) is -6.06. The van der Waals surface area contributed by atoms with E-state index in [2.05, 4.69) is 4.99 Å². The Balaban J connectivity index is 2.38. The summed E-state index contributed by atoms with van der Waals surface area (Å²) >= 11 is 11.8. The van der Waals surface area contributed by atoms with Gasteiger partial charge in [0.15, 0.2) is 5.96 Å². The predicted octanol–water partition coefficient (Wildman–Crippen LogP) is 2.63. The van der Waals surface area contributed by atoms with Gasteiger partial charge >= 0.3 is 6.18 Å². The molecule has 1 aromatic carbocycles. The zero-order valence-electron chi connectivity index (χ0n) is 12.6. The summed E-state index contributed by atoms with van der Waals surface area (Å²) in [5.74, 6) is -1.92. The number of aliphatic imine (C=N–C) groups is 1. The maximum atomic E-state index is 12.6. The summed E-state index contributed by atoms with van der Waals surface area (Å²) in [7, 11) is 0. The number of nitrogens with zero attached hydrogens (tertiary/aromatic N) is 2. The molecule has 25 heavy (non-hydrogen) atoms. The molecule has 0 saturated heterocycles. The topological polar surface area (TPSA) is 102 Å². The third kappa shape index (κ3) is 4.55. The van der Waals surface area contributed by atoms with Gasteiger partial charge in [0, 0.05) is 12.1 Å². The van der Waals surface area contributed by atoms with Crippen LogP contribution >= 0.6 is 23.2 Å². The van der Waals surface area contributed by atoms with Crippen molar-refractivity contribution in [2.24, 2.45) is 16.5 Å². The smallest absolute Gasteiger partial charge is 0.370 e. The van der Waals surface area contributed by atoms with Crippen molar-refractivity contribution in [2.75, 3.05) is 6.54 Å². The van der Waals surface area contributed by atoms with Crippen molar-refractivity contribution in [3.8, 4) is 0 Å². The fourth-order valence-corrected chi connectivity index (χ4v) is 2.90. The van der Waals surface area contributed by atoms with E-state index in [1.54, 1.807) is 0 Å². The molecule has 1 aliphatic rings. The van der Waals surface area contributed by atoms with E-state index in [0.717, 1.165) is 4.90 Å². The Hall–Kier alpha value is -2.00. The van der Waals surface area contributed by atoms with Gasteiger partial charge in [-0.05, 0) is 17.7 Å². The molecule has 6 nitrogen and oxygen atoms in total. The Morgan fingerprint density at radius 3 is 2.40 bits per heavy atom. The molecular weight excluding hydrogens is 384 g/mol. The minimum atomic E-state index is -4.46. The predicted molar refractivity (Wildman–Crippen MR) is 86.3 cm³/mol. The van der Waals surface area contributed by atoms with Crippen molar-refractivity contribution < 1.29 is 22.8 Å². The van der Waals surface area contributed by atoms with Crippen LogP contribution in [0.3, 0.4) is 0 Å². The molecule has 2 amide bonds. The summed E-state index contributed by atoms with van der Waals surface area (Å²) in [4.78, 5) is 28.6. The monoisotopic (exact) mass is 396 g/mol. The van der Waals surface area contributed by atoms with Gasteiger partial charge in [-0.1, -0.05) is 23.2 Å². The lowest BCUT2D eigenvalue weighted by Crippen LogP contribution is -2.33. The zero-order chi connectivity index (χ0) is 18.9. The Labute approximate surface area is 150 Å². The van der Waals surface area contributed by atoms with E-state index in [1.165, 1.54) is 12.1 Å². The van der Waals surface area contributed by atoms with E-state index in [-0.39, 0.29) is 22.0 Å². The molecule has 1 aromatic rings. The fraction of sp³-hybridized carbons (Fsp3) is 0.357. The van der Waals surface area contributed by atoms with E-state index in [9.17, 15) is 22.8 Å². The number of nitrogens with two attached hydrogens (primary N) is 2. The largest absolute Gasteiger partial charge is 0.390 e. The van der Waals surface area contributed by atoms with Crippen molar-refractivity contribution in [3.63, 3.8) is 0 Å². The molecule has 136 valence electrons. The van der Waals surface area contributed by atoms with Crippen molar-refractivity contribution in [1.82, 2.24) is 4.90 Å². The standard InChI is InChI=1S/C14H13Cl2F3N4O2/c15-8-3-6-7(4-9(8)16)12(25)23(2-1-14(17,18)19)10(6)5-11(24)22-13(20)21/h3-4,10H,1-2,5H2,(H4,20,21,22,24)/t10-/m0/s1. The number of carbonyl (C=O) groups excluding carboxylic acids is 2. The average Bonchev–Trinajstić information content (AvgIpc) is 2.68. The first-order chi connectivity index (χ1) is 11.5. The van der Waals surface area contributed by atoms with Gasteiger partial charge in [0.2, 0.25) is 0 Å². The van der Waals surface area contributed by atoms with Crippen molar-refractivity contribution in [1.29, 1.82) is 0 Å². The molecule has 1 aliphatic heterocycles. The summed E-state index contributed by atoms with van der Waals surface area (Å²) in [6, 6.07) is 1.67. The average molecular weight is 397 g/mol. The number of alkyl halides is 3. The summed E-state index contributed by atoms with van der Waals surface area (Å²) < 4.78 is 37.7. The second-order valence-corrected chi connectivity index (χ2v) is 6.18. The molecule has 0 aromatic heterocycles. The highest BCUT2D eigenvalue weighted by Gasteiger charge is 2.40. The first-order valence-electron chi connectivity index (χ1n) is 6.98. The molecule has 0 radical (unpaired) electrons. The third-order valence-corrected chi connectivity index (χ3v) is 4.30. The highest BCUT2D eigenvalue weighted by atomic mass is 35.5. The number of fused-ring (bicyclic) bond motifs is 1. The van der Waals surface area contributed by atoms with E-state index < -0.39 is 43.0 Å². The molecular formula is C14H13Cl2F3N4O2. The lowest BCUT2D eigenvalue weighted by molar-refractivity contribution is -0.137. The molecule has 4 N–H and O–H groups in total. The minimum absolute atomic E-state index is 0.0840. The van der Waals surface area contributed by atoms with Gasteiger partial charge in [0.05, 0.1) is 28.9 Å². The number of hydrogen-bond donors (Lipinski definition) is 2. The third-order valence-electron chi connectivity index (χ3n) is 3.58. The van der Waals surface area contributed by atoms with E-state index >= 15 is 0 Å². The first kappa shape index (κ1) is 19.3. The number of halogens is 5. The van der Waals surface area contributed by atoms with Crippen LogP contribution in [0, 0.1) is 0 Å². The number of rotatable bonds is 4. The van der Waals surface area contributed by atoms with Gasteiger partial charge in [-0.3, -0.25) is 9.59 Å². The lowest BCUT2D eigenvalue weighted by atomic mass is 10.0. The molecule has 0 spiro atoms. The van der Waals surface area contributed by atoms with Crippen molar-refractivity contribution >= 4 is 41.0 Å². The van der Waals surface area contributed by atoms with Gasteiger partial charge < -0.3 is 16.4 Å². The van der Waals surface area contributed by atoms with Crippen LogP contribution in [0.25, 0.3) is 0 Å². The number of guanidine groups is 1. The molecule has 0 fully saturated rings. The van der Waals surface area contributed by atoms with Crippen LogP contribution in [0.15, 0.2) is 17.1 Å². The van der Waals surface area contributed by atoms with Gasteiger partial charge in [-0.2, -0.15) is 18.2 Å². The van der Waals surface area contributed by atoms with Crippen LogP contribution in [0.5, 0.6) is 0 Å². The number of carbonyl (C=O) groups is 2. The lowest BCUT2D eigenvalue weighted by Gasteiger charge is -2.25. The Kier molecular flexibility index (Phi) is 5.48. The highest BCUT2D eigenvalue weighted by Crippen LogP contribution is 2.40. The van der Waals surface area contributed by atoms with Crippen molar-refractivity contribution in [3.05, 3.63) is 33.3 Å². The van der Waals surface area contributed by atoms with Crippen LogP contribution in [-0.4, -0.2) is 35.4 Å². The Morgan fingerprint density at radius 2 is 1.84 bits per heavy atom. The number of amides is 2. The molecule has 0 aliphatic carbocycles. The van der Waals surface area contributed by atoms with Gasteiger partial charge in [-0.25, -0.2) is 0 Å². The van der Waals surface area contributed by atoms with Crippen LogP contribution < -0.4 is 11.5 Å². The molecule has 0 unspecified atom stereocenters. The Morgan fingerprint density at radius 1 is 1.24 bits per heavy atom. The summed E-state index contributed by atoms with van der Waals surface area (Å²) in [5.41, 5.74) is 10.6. The molecule has 2 rings (SSSR count). The van der Waals surface area contributed by atoms with E-state index in [0.29, 0.717) is 5.56 Å². The SMILES string of the molecule is NC(N)=NC(=O)C[C@H]1c2cc(Cl)c(Cl)cc2C(=O)N1CCC(F)(F)F.